The molecule has 0 radical (unpaired) electrons. The van der Waals surface area contributed by atoms with E-state index in [1.165, 1.54) is 4.90 Å². The lowest BCUT2D eigenvalue weighted by molar-refractivity contribution is 0.0736. The maximum atomic E-state index is 11.2. The Balaban J connectivity index is 2.20. The number of hydrogen-bond donors (Lipinski definition) is 2. The van der Waals surface area contributed by atoms with E-state index in [2.05, 4.69) is 4.98 Å². The van der Waals surface area contributed by atoms with Gasteiger partial charge in [0, 0.05) is 32.8 Å². The number of methoxy groups -OCH3 is 2. The smallest absolute Gasteiger partial charge is 0.407 e. The summed E-state index contributed by atoms with van der Waals surface area (Å²) in [5, 5.41) is 9.23. The number of nitrogens with two attached hydrogens (primary N) is 1. The summed E-state index contributed by atoms with van der Waals surface area (Å²) >= 11 is 0. The van der Waals surface area contributed by atoms with Crippen molar-refractivity contribution >= 4 is 17.6 Å². The number of anilines is 2. The Morgan fingerprint density at radius 1 is 1.52 bits per heavy atom. The lowest BCUT2D eigenvalue weighted by Gasteiger charge is -2.40. The van der Waals surface area contributed by atoms with Gasteiger partial charge in [-0.3, -0.25) is 4.90 Å². The number of carbonyl (C=O) groups is 1. The lowest BCUT2D eigenvalue weighted by Crippen LogP contribution is -2.56. The maximum Gasteiger partial charge on any atom is 0.407 e. The van der Waals surface area contributed by atoms with E-state index in [1.807, 2.05) is 4.90 Å². The van der Waals surface area contributed by atoms with E-state index in [4.69, 9.17) is 15.2 Å². The van der Waals surface area contributed by atoms with Gasteiger partial charge in [-0.2, -0.15) is 0 Å². The van der Waals surface area contributed by atoms with Crippen LogP contribution < -0.4 is 15.4 Å². The number of aromatic nitrogens is 1. The van der Waals surface area contributed by atoms with Crippen LogP contribution in [0.15, 0.2) is 12.3 Å². The molecule has 1 aliphatic heterocycles. The van der Waals surface area contributed by atoms with E-state index in [0.717, 1.165) is 5.69 Å². The van der Waals surface area contributed by atoms with Gasteiger partial charge in [-0.15, -0.1) is 0 Å². The van der Waals surface area contributed by atoms with E-state index in [1.54, 1.807) is 26.5 Å². The van der Waals surface area contributed by atoms with Gasteiger partial charge >= 0.3 is 6.09 Å². The van der Waals surface area contributed by atoms with Crippen molar-refractivity contribution in [3.05, 3.63) is 12.3 Å². The quantitative estimate of drug-likeness (QED) is 0.833. The van der Waals surface area contributed by atoms with Crippen molar-refractivity contribution in [3.63, 3.8) is 0 Å². The normalized spacial score (nSPS) is 18.7. The predicted octanol–water partition coefficient (Wildman–Crippen LogP) is 0.487. The monoisotopic (exact) mass is 296 g/mol. The SMILES string of the molecule is COC[C@H]1CN(c2cnc(N)cc2OC)CCN1C(=O)O. The van der Waals surface area contributed by atoms with Crippen molar-refractivity contribution in [1.29, 1.82) is 0 Å². The molecule has 1 aromatic rings. The molecule has 0 unspecified atom stereocenters. The summed E-state index contributed by atoms with van der Waals surface area (Å²) in [6.45, 7) is 1.82. The Morgan fingerprint density at radius 2 is 2.29 bits per heavy atom. The van der Waals surface area contributed by atoms with Crippen LogP contribution in [-0.2, 0) is 4.74 Å². The summed E-state index contributed by atoms with van der Waals surface area (Å²) in [4.78, 5) is 18.8. The summed E-state index contributed by atoms with van der Waals surface area (Å²) in [7, 11) is 3.13. The van der Waals surface area contributed by atoms with Gasteiger partial charge in [0.1, 0.15) is 11.6 Å². The van der Waals surface area contributed by atoms with Crippen molar-refractivity contribution < 1.29 is 19.4 Å². The number of amides is 1. The topological polar surface area (TPSA) is 101 Å². The Kier molecular flexibility index (Phi) is 4.69. The molecule has 1 saturated heterocycles. The molecular weight excluding hydrogens is 276 g/mol. The highest BCUT2D eigenvalue weighted by atomic mass is 16.5. The molecule has 21 heavy (non-hydrogen) atoms. The second-order valence-electron chi connectivity index (χ2n) is 4.81. The number of rotatable bonds is 4. The number of pyridine rings is 1. The minimum Gasteiger partial charge on any atom is -0.494 e. The fraction of sp³-hybridized carbons (Fsp3) is 0.538. The van der Waals surface area contributed by atoms with Crippen LogP contribution in [0.1, 0.15) is 0 Å². The molecule has 1 fully saturated rings. The van der Waals surface area contributed by atoms with E-state index in [0.29, 0.717) is 37.8 Å². The average Bonchev–Trinajstić information content (AvgIpc) is 2.47. The minimum atomic E-state index is -0.931. The zero-order chi connectivity index (χ0) is 15.4. The molecule has 116 valence electrons. The molecule has 0 aliphatic carbocycles. The van der Waals surface area contributed by atoms with Gasteiger partial charge in [0.15, 0.2) is 0 Å². The second kappa shape index (κ2) is 6.49. The summed E-state index contributed by atoms with van der Waals surface area (Å²) < 4.78 is 10.4. The number of ether oxygens (including phenoxy) is 2. The van der Waals surface area contributed by atoms with Gasteiger partial charge in [-0.25, -0.2) is 9.78 Å². The van der Waals surface area contributed by atoms with E-state index in [9.17, 15) is 9.90 Å². The second-order valence-corrected chi connectivity index (χ2v) is 4.81. The zero-order valence-corrected chi connectivity index (χ0v) is 12.2. The van der Waals surface area contributed by atoms with Gasteiger partial charge in [0.25, 0.3) is 0 Å². The summed E-state index contributed by atoms with van der Waals surface area (Å²) in [5.41, 5.74) is 6.46. The first kappa shape index (κ1) is 15.2. The van der Waals surface area contributed by atoms with Crippen molar-refractivity contribution in [3.8, 4) is 5.75 Å². The molecule has 8 heteroatoms. The van der Waals surface area contributed by atoms with Crippen LogP contribution in [0, 0.1) is 0 Å². The molecule has 0 saturated carbocycles. The van der Waals surface area contributed by atoms with Gasteiger partial charge in [0.05, 0.1) is 31.6 Å². The Hall–Kier alpha value is -2.22. The molecule has 0 aromatic carbocycles. The maximum absolute atomic E-state index is 11.2. The Bertz CT molecular complexity index is 511. The molecule has 3 N–H and O–H groups in total. The Labute approximate surface area is 123 Å². The highest BCUT2D eigenvalue weighted by Crippen LogP contribution is 2.30. The molecule has 1 aliphatic rings. The van der Waals surface area contributed by atoms with Crippen molar-refractivity contribution in [2.75, 3.05) is 51.1 Å². The number of piperazine rings is 1. The highest BCUT2D eigenvalue weighted by molar-refractivity contribution is 5.67. The van der Waals surface area contributed by atoms with Gasteiger partial charge in [0.2, 0.25) is 0 Å². The molecule has 2 rings (SSSR count). The molecule has 2 heterocycles. The number of nitrogens with zero attached hydrogens (tertiary/aromatic N) is 3. The third-order valence-corrected chi connectivity index (χ3v) is 3.52. The molecular formula is C13H20N4O4. The molecule has 0 spiro atoms. The minimum absolute atomic E-state index is 0.233. The first-order valence-corrected chi connectivity index (χ1v) is 6.59. The van der Waals surface area contributed by atoms with Crippen molar-refractivity contribution in [2.45, 2.75) is 6.04 Å². The van der Waals surface area contributed by atoms with Crippen LogP contribution in [0.2, 0.25) is 0 Å². The highest BCUT2D eigenvalue weighted by Gasteiger charge is 2.31. The third-order valence-electron chi connectivity index (χ3n) is 3.52. The fourth-order valence-electron chi connectivity index (χ4n) is 2.51. The summed E-state index contributed by atoms with van der Waals surface area (Å²) in [6.07, 6.45) is 0.716. The first-order valence-electron chi connectivity index (χ1n) is 6.59. The van der Waals surface area contributed by atoms with Crippen molar-refractivity contribution in [2.24, 2.45) is 0 Å². The number of hydrogen-bond acceptors (Lipinski definition) is 6. The number of carboxylic acid groups (broad SMARTS) is 1. The summed E-state index contributed by atoms with van der Waals surface area (Å²) in [6, 6.07) is 1.42. The predicted molar refractivity (Wildman–Crippen MR) is 77.8 cm³/mol. The van der Waals surface area contributed by atoms with E-state index >= 15 is 0 Å². The van der Waals surface area contributed by atoms with Crippen LogP contribution in [0.25, 0.3) is 0 Å². The molecule has 1 amide bonds. The van der Waals surface area contributed by atoms with Crippen LogP contribution in [-0.4, -0.2) is 67.6 Å². The first-order chi connectivity index (χ1) is 10.1. The van der Waals surface area contributed by atoms with E-state index in [-0.39, 0.29) is 6.04 Å². The van der Waals surface area contributed by atoms with Crippen LogP contribution in [0.5, 0.6) is 5.75 Å². The standard InChI is InChI=1S/C13H20N4O4/c1-20-8-9-7-16(3-4-17(9)13(18)19)10-6-15-12(14)5-11(10)21-2/h5-6,9H,3-4,7-8H2,1-2H3,(H2,14,15)(H,18,19)/t9-/m1/s1. The average molecular weight is 296 g/mol. The van der Waals surface area contributed by atoms with Gasteiger partial charge in [-0.05, 0) is 0 Å². The molecule has 1 atom stereocenters. The Morgan fingerprint density at radius 3 is 2.90 bits per heavy atom. The zero-order valence-electron chi connectivity index (χ0n) is 12.2. The lowest BCUT2D eigenvalue weighted by atomic mass is 10.1. The van der Waals surface area contributed by atoms with Crippen LogP contribution >= 0.6 is 0 Å². The third kappa shape index (κ3) is 3.27. The molecule has 0 bridgehead atoms. The summed E-state index contributed by atoms with van der Waals surface area (Å²) in [5.74, 6) is 1.01. The molecule has 8 nitrogen and oxygen atoms in total. The van der Waals surface area contributed by atoms with Gasteiger partial charge < -0.3 is 25.2 Å². The van der Waals surface area contributed by atoms with Crippen molar-refractivity contribution in [1.82, 2.24) is 9.88 Å². The van der Waals surface area contributed by atoms with Gasteiger partial charge in [-0.1, -0.05) is 0 Å². The largest absolute Gasteiger partial charge is 0.494 e. The number of nitrogen functional groups attached to an aromatic ring is 1. The van der Waals surface area contributed by atoms with Crippen LogP contribution in [0.4, 0.5) is 16.3 Å². The van der Waals surface area contributed by atoms with Crippen LogP contribution in [0.3, 0.4) is 0 Å². The van der Waals surface area contributed by atoms with E-state index < -0.39 is 6.09 Å². The molecule has 1 aromatic heterocycles. The fourth-order valence-corrected chi connectivity index (χ4v) is 2.51.